The number of rotatable bonds is 5. The second kappa shape index (κ2) is 5.14. The Morgan fingerprint density at radius 1 is 1.47 bits per heavy atom. The summed E-state index contributed by atoms with van der Waals surface area (Å²) in [6, 6.07) is 0.367. The van der Waals surface area contributed by atoms with Crippen molar-refractivity contribution in [3.8, 4) is 0 Å². The fraction of sp³-hybridized carbons (Fsp3) is 0.500. The SMILES string of the molecule is Cc1cnn(C[C@@H](C)NCc2nccn2C)c1. The smallest absolute Gasteiger partial charge is 0.122 e. The van der Waals surface area contributed by atoms with Crippen LogP contribution in [0.2, 0.25) is 0 Å². The lowest BCUT2D eigenvalue weighted by Crippen LogP contribution is -2.31. The molecule has 5 heteroatoms. The second-order valence-electron chi connectivity index (χ2n) is 4.48. The molecule has 2 aromatic heterocycles. The van der Waals surface area contributed by atoms with E-state index in [-0.39, 0.29) is 0 Å². The lowest BCUT2D eigenvalue weighted by atomic mass is 10.3. The Bertz CT molecular complexity index is 471. The van der Waals surface area contributed by atoms with Crippen molar-refractivity contribution in [3.05, 3.63) is 36.2 Å². The number of aryl methyl sites for hydroxylation is 2. The fourth-order valence-corrected chi connectivity index (χ4v) is 1.74. The standard InChI is InChI=1S/C12H19N5/c1-10-6-15-17(8-10)9-11(2)14-7-12-13-4-5-16(12)3/h4-6,8,11,14H,7,9H2,1-3H3/t11-/m1/s1. The minimum absolute atomic E-state index is 0.367. The second-order valence-corrected chi connectivity index (χ2v) is 4.48. The number of nitrogens with one attached hydrogen (secondary N) is 1. The molecule has 0 saturated carbocycles. The van der Waals surface area contributed by atoms with E-state index in [4.69, 9.17) is 0 Å². The third-order valence-electron chi connectivity index (χ3n) is 2.75. The van der Waals surface area contributed by atoms with Gasteiger partial charge in [-0.2, -0.15) is 5.10 Å². The van der Waals surface area contributed by atoms with Crippen molar-refractivity contribution in [2.24, 2.45) is 7.05 Å². The van der Waals surface area contributed by atoms with Gasteiger partial charge in [0.2, 0.25) is 0 Å². The number of aromatic nitrogens is 4. The Morgan fingerprint density at radius 2 is 2.29 bits per heavy atom. The minimum atomic E-state index is 0.367. The van der Waals surface area contributed by atoms with Crippen LogP contribution in [0.3, 0.4) is 0 Å². The molecule has 1 atom stereocenters. The summed E-state index contributed by atoms with van der Waals surface area (Å²) >= 11 is 0. The molecule has 2 heterocycles. The van der Waals surface area contributed by atoms with Crippen molar-refractivity contribution in [3.63, 3.8) is 0 Å². The van der Waals surface area contributed by atoms with E-state index in [0.717, 1.165) is 18.9 Å². The summed E-state index contributed by atoms with van der Waals surface area (Å²) in [6.45, 7) is 5.86. The van der Waals surface area contributed by atoms with E-state index in [2.05, 4.69) is 35.4 Å². The Hall–Kier alpha value is -1.62. The lowest BCUT2D eigenvalue weighted by Gasteiger charge is -2.13. The van der Waals surface area contributed by atoms with Gasteiger partial charge >= 0.3 is 0 Å². The Kier molecular flexibility index (Phi) is 3.58. The van der Waals surface area contributed by atoms with Gasteiger partial charge in [-0.25, -0.2) is 4.98 Å². The topological polar surface area (TPSA) is 47.7 Å². The van der Waals surface area contributed by atoms with Crippen LogP contribution in [-0.2, 0) is 20.1 Å². The highest BCUT2D eigenvalue weighted by molar-refractivity contribution is 4.99. The summed E-state index contributed by atoms with van der Waals surface area (Å²) in [6.07, 6.45) is 7.71. The minimum Gasteiger partial charge on any atom is -0.337 e. The van der Waals surface area contributed by atoms with E-state index in [0.29, 0.717) is 6.04 Å². The van der Waals surface area contributed by atoms with Crippen LogP contribution in [0.25, 0.3) is 0 Å². The molecule has 0 amide bonds. The van der Waals surface area contributed by atoms with Gasteiger partial charge in [-0.1, -0.05) is 0 Å². The molecule has 0 aliphatic rings. The predicted octanol–water partition coefficient (Wildman–Crippen LogP) is 1.10. The third kappa shape index (κ3) is 3.17. The summed E-state index contributed by atoms with van der Waals surface area (Å²) in [5.74, 6) is 1.05. The number of imidazole rings is 1. The van der Waals surface area contributed by atoms with E-state index in [1.54, 1.807) is 0 Å². The summed E-state index contributed by atoms with van der Waals surface area (Å²) in [7, 11) is 2.01. The Balaban J connectivity index is 1.82. The van der Waals surface area contributed by atoms with E-state index in [9.17, 15) is 0 Å². The average molecular weight is 233 g/mol. The van der Waals surface area contributed by atoms with E-state index in [1.807, 2.05) is 34.9 Å². The van der Waals surface area contributed by atoms with Crippen molar-refractivity contribution < 1.29 is 0 Å². The van der Waals surface area contributed by atoms with Gasteiger partial charge in [0.25, 0.3) is 0 Å². The first-order valence-corrected chi connectivity index (χ1v) is 5.84. The highest BCUT2D eigenvalue weighted by Crippen LogP contribution is 1.98. The first kappa shape index (κ1) is 11.9. The predicted molar refractivity (Wildman–Crippen MR) is 66.5 cm³/mol. The molecule has 0 aliphatic carbocycles. The molecule has 17 heavy (non-hydrogen) atoms. The molecular formula is C12H19N5. The van der Waals surface area contributed by atoms with Gasteiger partial charge in [0, 0.05) is 31.7 Å². The van der Waals surface area contributed by atoms with Crippen molar-refractivity contribution >= 4 is 0 Å². The van der Waals surface area contributed by atoms with Crippen molar-refractivity contribution in [2.75, 3.05) is 0 Å². The lowest BCUT2D eigenvalue weighted by molar-refractivity contribution is 0.442. The van der Waals surface area contributed by atoms with Crippen molar-refractivity contribution in [1.82, 2.24) is 24.6 Å². The molecule has 2 rings (SSSR count). The maximum Gasteiger partial charge on any atom is 0.122 e. The van der Waals surface area contributed by atoms with Crippen LogP contribution < -0.4 is 5.32 Å². The van der Waals surface area contributed by atoms with E-state index in [1.165, 1.54) is 5.56 Å². The third-order valence-corrected chi connectivity index (χ3v) is 2.75. The van der Waals surface area contributed by atoms with Crippen LogP contribution in [0.5, 0.6) is 0 Å². The Morgan fingerprint density at radius 3 is 2.88 bits per heavy atom. The molecule has 0 aliphatic heterocycles. The van der Waals surface area contributed by atoms with Crippen molar-refractivity contribution in [1.29, 1.82) is 0 Å². The van der Waals surface area contributed by atoms with Gasteiger partial charge in [-0.3, -0.25) is 4.68 Å². The summed E-state index contributed by atoms with van der Waals surface area (Å²) in [5, 5.41) is 7.71. The largest absolute Gasteiger partial charge is 0.337 e. The van der Waals surface area contributed by atoms with Gasteiger partial charge in [-0.15, -0.1) is 0 Å². The van der Waals surface area contributed by atoms with Crippen LogP contribution >= 0.6 is 0 Å². The van der Waals surface area contributed by atoms with Gasteiger partial charge in [0.15, 0.2) is 0 Å². The first-order valence-electron chi connectivity index (χ1n) is 5.84. The molecule has 0 saturated heterocycles. The number of hydrogen-bond donors (Lipinski definition) is 1. The fourth-order valence-electron chi connectivity index (χ4n) is 1.74. The Labute approximate surface area is 101 Å². The zero-order chi connectivity index (χ0) is 12.3. The normalized spacial score (nSPS) is 12.9. The maximum absolute atomic E-state index is 4.28. The molecule has 0 spiro atoms. The zero-order valence-corrected chi connectivity index (χ0v) is 10.6. The van der Waals surface area contributed by atoms with Crippen LogP contribution in [0.4, 0.5) is 0 Å². The van der Waals surface area contributed by atoms with Gasteiger partial charge in [0.05, 0.1) is 19.3 Å². The van der Waals surface area contributed by atoms with E-state index >= 15 is 0 Å². The van der Waals surface area contributed by atoms with Gasteiger partial charge in [-0.05, 0) is 19.4 Å². The molecule has 5 nitrogen and oxygen atoms in total. The van der Waals surface area contributed by atoms with Gasteiger partial charge in [0.1, 0.15) is 5.82 Å². The monoisotopic (exact) mass is 233 g/mol. The molecule has 0 bridgehead atoms. The highest BCUT2D eigenvalue weighted by atomic mass is 15.3. The number of hydrogen-bond acceptors (Lipinski definition) is 3. The first-order chi connectivity index (χ1) is 8.15. The summed E-state index contributed by atoms with van der Waals surface area (Å²) < 4.78 is 3.99. The maximum atomic E-state index is 4.28. The molecule has 2 aromatic rings. The van der Waals surface area contributed by atoms with Crippen LogP contribution in [0.1, 0.15) is 18.3 Å². The average Bonchev–Trinajstić information content (AvgIpc) is 2.85. The highest BCUT2D eigenvalue weighted by Gasteiger charge is 2.05. The van der Waals surface area contributed by atoms with Crippen LogP contribution in [0.15, 0.2) is 24.8 Å². The van der Waals surface area contributed by atoms with Gasteiger partial charge < -0.3 is 9.88 Å². The molecule has 0 aromatic carbocycles. The molecule has 0 unspecified atom stereocenters. The molecule has 1 N–H and O–H groups in total. The molecule has 0 fully saturated rings. The molecule has 92 valence electrons. The quantitative estimate of drug-likeness (QED) is 0.841. The number of nitrogens with zero attached hydrogens (tertiary/aromatic N) is 4. The van der Waals surface area contributed by atoms with Crippen molar-refractivity contribution in [2.45, 2.75) is 33.0 Å². The zero-order valence-electron chi connectivity index (χ0n) is 10.6. The van der Waals surface area contributed by atoms with E-state index < -0.39 is 0 Å². The molecule has 0 radical (unpaired) electrons. The molecular weight excluding hydrogens is 214 g/mol. The summed E-state index contributed by atoms with van der Waals surface area (Å²) in [5.41, 5.74) is 1.20. The summed E-state index contributed by atoms with van der Waals surface area (Å²) in [4.78, 5) is 4.28. The van der Waals surface area contributed by atoms with Crippen LogP contribution in [0, 0.1) is 6.92 Å². The van der Waals surface area contributed by atoms with Crippen LogP contribution in [-0.4, -0.2) is 25.4 Å².